The van der Waals surface area contributed by atoms with Crippen LogP contribution >= 0.6 is 0 Å². The highest BCUT2D eigenvalue weighted by Crippen LogP contribution is 2.22. The van der Waals surface area contributed by atoms with Gasteiger partial charge in [-0.25, -0.2) is 4.98 Å². The Morgan fingerprint density at radius 2 is 2.10 bits per heavy atom. The van der Waals surface area contributed by atoms with Crippen LogP contribution in [0.25, 0.3) is 0 Å². The second-order valence-corrected chi connectivity index (χ2v) is 4.67. The molecule has 0 aliphatic rings. The van der Waals surface area contributed by atoms with Crippen LogP contribution in [0.15, 0.2) is 42.7 Å². The Hall–Kier alpha value is -1.69. The van der Waals surface area contributed by atoms with Gasteiger partial charge >= 0.3 is 0 Å². The number of aryl methyl sites for hydroxylation is 1. The Labute approximate surface area is 119 Å². The number of nitrogens with two attached hydrogens (primary N) is 1. The molecule has 1 aromatic carbocycles. The van der Waals surface area contributed by atoms with Crippen LogP contribution in [0, 0.1) is 0 Å². The summed E-state index contributed by atoms with van der Waals surface area (Å²) in [7, 11) is 1.70. The molecule has 2 unspecified atom stereocenters. The average molecular weight is 274 g/mol. The van der Waals surface area contributed by atoms with E-state index in [0.29, 0.717) is 6.42 Å². The van der Waals surface area contributed by atoms with Crippen LogP contribution < -0.4 is 11.3 Å². The number of imidazole rings is 1. The molecule has 2 rings (SSSR count). The lowest BCUT2D eigenvalue weighted by Gasteiger charge is -2.25. The SMILES string of the molecule is CCn1ccnc1CC(NN)C(OC)c1ccccc1. The predicted molar refractivity (Wildman–Crippen MR) is 78.9 cm³/mol. The number of aromatic nitrogens is 2. The summed E-state index contributed by atoms with van der Waals surface area (Å²) in [5.74, 6) is 6.74. The smallest absolute Gasteiger partial charge is 0.110 e. The summed E-state index contributed by atoms with van der Waals surface area (Å²) in [4.78, 5) is 4.40. The number of hydrogen-bond acceptors (Lipinski definition) is 4. The van der Waals surface area contributed by atoms with Crippen molar-refractivity contribution in [2.24, 2.45) is 5.84 Å². The average Bonchev–Trinajstić information content (AvgIpc) is 2.95. The molecule has 3 N–H and O–H groups in total. The van der Waals surface area contributed by atoms with Crippen LogP contribution in [-0.2, 0) is 17.7 Å². The molecule has 1 heterocycles. The molecule has 5 heteroatoms. The summed E-state index contributed by atoms with van der Waals surface area (Å²) < 4.78 is 7.75. The van der Waals surface area contributed by atoms with Gasteiger partial charge in [0.1, 0.15) is 5.82 Å². The quantitative estimate of drug-likeness (QED) is 0.595. The molecule has 2 aromatic rings. The van der Waals surface area contributed by atoms with Gasteiger partial charge in [-0.1, -0.05) is 30.3 Å². The van der Waals surface area contributed by atoms with E-state index in [1.165, 1.54) is 0 Å². The lowest BCUT2D eigenvalue weighted by molar-refractivity contribution is 0.0669. The first-order valence-electron chi connectivity index (χ1n) is 6.84. The molecule has 0 aliphatic heterocycles. The van der Waals surface area contributed by atoms with E-state index in [4.69, 9.17) is 10.6 Å². The monoisotopic (exact) mass is 274 g/mol. The first kappa shape index (κ1) is 14.7. The minimum absolute atomic E-state index is 0.0323. The van der Waals surface area contributed by atoms with Crippen LogP contribution in [-0.4, -0.2) is 22.7 Å². The highest BCUT2D eigenvalue weighted by atomic mass is 16.5. The number of nitrogens with zero attached hydrogens (tertiary/aromatic N) is 2. The molecule has 108 valence electrons. The Kier molecular flexibility index (Phi) is 5.29. The maximum absolute atomic E-state index is 5.73. The predicted octanol–water partition coefficient (Wildman–Crippen LogP) is 1.67. The standard InChI is InChI=1S/C15H22N4O/c1-3-19-10-9-17-14(19)11-13(18-16)15(20-2)12-7-5-4-6-8-12/h4-10,13,15,18H,3,11,16H2,1-2H3. The van der Waals surface area contributed by atoms with Crippen molar-refractivity contribution >= 4 is 0 Å². The fourth-order valence-electron chi connectivity index (χ4n) is 2.44. The number of hydrogen-bond donors (Lipinski definition) is 2. The van der Waals surface area contributed by atoms with E-state index in [2.05, 4.69) is 21.9 Å². The van der Waals surface area contributed by atoms with E-state index in [-0.39, 0.29) is 12.1 Å². The summed E-state index contributed by atoms with van der Waals surface area (Å²) in [6.45, 7) is 3.00. The van der Waals surface area contributed by atoms with Crippen LogP contribution in [0.1, 0.15) is 24.4 Å². The zero-order valence-corrected chi connectivity index (χ0v) is 12.0. The molecule has 1 aromatic heterocycles. The van der Waals surface area contributed by atoms with Crippen molar-refractivity contribution in [3.05, 3.63) is 54.1 Å². The molecule has 0 fully saturated rings. The molecule has 0 bridgehead atoms. The topological polar surface area (TPSA) is 65.1 Å². The van der Waals surface area contributed by atoms with Gasteiger partial charge in [0.2, 0.25) is 0 Å². The van der Waals surface area contributed by atoms with E-state index < -0.39 is 0 Å². The summed E-state index contributed by atoms with van der Waals surface area (Å²) in [6.07, 6.45) is 4.40. The van der Waals surface area contributed by atoms with Gasteiger partial charge in [-0.3, -0.25) is 11.3 Å². The lowest BCUT2D eigenvalue weighted by atomic mass is 9.99. The maximum atomic E-state index is 5.73. The molecule has 0 saturated carbocycles. The number of benzene rings is 1. The maximum Gasteiger partial charge on any atom is 0.110 e. The second-order valence-electron chi connectivity index (χ2n) is 4.67. The van der Waals surface area contributed by atoms with Crippen LogP contribution in [0.3, 0.4) is 0 Å². The molecule has 0 aliphatic carbocycles. The third kappa shape index (κ3) is 3.25. The van der Waals surface area contributed by atoms with E-state index in [9.17, 15) is 0 Å². The van der Waals surface area contributed by atoms with Gasteiger partial charge in [-0.15, -0.1) is 0 Å². The normalized spacial score (nSPS) is 14.2. The Balaban J connectivity index is 2.18. The number of nitrogens with one attached hydrogen (secondary N) is 1. The van der Waals surface area contributed by atoms with E-state index in [0.717, 1.165) is 17.9 Å². The Morgan fingerprint density at radius 1 is 1.35 bits per heavy atom. The summed E-state index contributed by atoms with van der Waals surface area (Å²) in [6, 6.07) is 10.1. The first-order valence-corrected chi connectivity index (χ1v) is 6.84. The number of methoxy groups -OCH3 is 1. The van der Waals surface area contributed by atoms with Gasteiger partial charge in [0, 0.05) is 32.5 Å². The van der Waals surface area contributed by atoms with Crippen molar-refractivity contribution in [3.63, 3.8) is 0 Å². The van der Waals surface area contributed by atoms with Crippen LogP contribution in [0.2, 0.25) is 0 Å². The molecule has 0 saturated heterocycles. The van der Waals surface area contributed by atoms with Crippen LogP contribution in [0.5, 0.6) is 0 Å². The molecule has 2 atom stereocenters. The Bertz CT molecular complexity index is 512. The molecule has 0 amide bonds. The molecule has 5 nitrogen and oxygen atoms in total. The van der Waals surface area contributed by atoms with Crippen molar-refractivity contribution in [2.45, 2.75) is 32.0 Å². The van der Waals surface area contributed by atoms with E-state index in [1.54, 1.807) is 7.11 Å². The molecule has 0 radical (unpaired) electrons. The molecule has 0 spiro atoms. The fourth-order valence-corrected chi connectivity index (χ4v) is 2.44. The van der Waals surface area contributed by atoms with Crippen molar-refractivity contribution in [2.75, 3.05) is 7.11 Å². The van der Waals surface area contributed by atoms with Gasteiger partial charge in [-0.2, -0.15) is 0 Å². The Morgan fingerprint density at radius 3 is 2.70 bits per heavy atom. The fraction of sp³-hybridized carbons (Fsp3) is 0.400. The van der Waals surface area contributed by atoms with E-state index in [1.807, 2.05) is 42.7 Å². The van der Waals surface area contributed by atoms with Gasteiger partial charge in [0.05, 0.1) is 12.1 Å². The zero-order chi connectivity index (χ0) is 14.4. The zero-order valence-electron chi connectivity index (χ0n) is 12.0. The van der Waals surface area contributed by atoms with Crippen molar-refractivity contribution in [1.29, 1.82) is 0 Å². The van der Waals surface area contributed by atoms with Crippen molar-refractivity contribution in [1.82, 2.24) is 15.0 Å². The van der Waals surface area contributed by atoms with E-state index >= 15 is 0 Å². The van der Waals surface area contributed by atoms with Crippen molar-refractivity contribution < 1.29 is 4.74 Å². The molecular formula is C15H22N4O. The summed E-state index contributed by atoms with van der Waals surface area (Å²) in [5, 5.41) is 0. The minimum atomic E-state index is -0.108. The highest BCUT2D eigenvalue weighted by molar-refractivity contribution is 5.19. The van der Waals surface area contributed by atoms with Gasteiger partial charge in [0.25, 0.3) is 0 Å². The van der Waals surface area contributed by atoms with Crippen molar-refractivity contribution in [3.8, 4) is 0 Å². The lowest BCUT2D eigenvalue weighted by Crippen LogP contribution is -2.42. The number of ether oxygens (including phenoxy) is 1. The largest absolute Gasteiger partial charge is 0.375 e. The van der Waals surface area contributed by atoms with Gasteiger partial charge in [0.15, 0.2) is 0 Å². The van der Waals surface area contributed by atoms with Gasteiger partial charge in [-0.05, 0) is 12.5 Å². The first-order chi connectivity index (χ1) is 9.80. The number of rotatable bonds is 7. The molecular weight excluding hydrogens is 252 g/mol. The third-order valence-corrected chi connectivity index (χ3v) is 3.51. The highest BCUT2D eigenvalue weighted by Gasteiger charge is 2.23. The van der Waals surface area contributed by atoms with Crippen LogP contribution in [0.4, 0.5) is 0 Å². The summed E-state index contributed by atoms with van der Waals surface area (Å²) in [5.41, 5.74) is 3.97. The second kappa shape index (κ2) is 7.19. The minimum Gasteiger partial charge on any atom is -0.375 e. The summed E-state index contributed by atoms with van der Waals surface area (Å²) >= 11 is 0. The third-order valence-electron chi connectivity index (χ3n) is 3.51. The number of hydrazine groups is 1. The van der Waals surface area contributed by atoms with Gasteiger partial charge < -0.3 is 9.30 Å². The molecule has 20 heavy (non-hydrogen) atoms.